The molecule has 1 atom stereocenters. The number of aromatic nitrogens is 4. The van der Waals surface area contributed by atoms with Gasteiger partial charge >= 0.3 is 0 Å². The number of nitrogens with one attached hydrogen (secondary N) is 1. The molecule has 1 aliphatic heterocycles. The van der Waals surface area contributed by atoms with Crippen LogP contribution < -0.4 is 10.2 Å². The van der Waals surface area contributed by atoms with Crippen molar-refractivity contribution >= 4 is 39.0 Å². The Balaban J connectivity index is 1.58. The number of amides is 1. The van der Waals surface area contributed by atoms with Gasteiger partial charge in [0.05, 0.1) is 17.3 Å². The number of hydrogen-bond acceptors (Lipinski definition) is 6. The maximum Gasteiger partial charge on any atom is 0.247 e. The summed E-state index contributed by atoms with van der Waals surface area (Å²) in [7, 11) is 0. The summed E-state index contributed by atoms with van der Waals surface area (Å²) in [5.41, 5.74) is 0.733. The molecule has 1 aliphatic rings. The monoisotopic (exact) mass is 342 g/mol. The third kappa shape index (κ3) is 2.62. The van der Waals surface area contributed by atoms with Crippen LogP contribution in [0.15, 0.2) is 30.2 Å². The average Bonchev–Trinajstić information content (AvgIpc) is 3.33. The largest absolute Gasteiger partial charge is 0.344 e. The Morgan fingerprint density at radius 2 is 2.38 bits per heavy atom. The highest BCUT2D eigenvalue weighted by Gasteiger charge is 2.33. The minimum absolute atomic E-state index is 0.00913. The molecule has 3 aromatic rings. The minimum atomic E-state index is -0.215. The highest BCUT2D eigenvalue weighted by atomic mass is 32.1. The third-order valence-electron chi connectivity index (χ3n) is 4.29. The van der Waals surface area contributed by atoms with E-state index in [0.717, 1.165) is 47.7 Å². The number of fused-ring (bicyclic) bond motifs is 1. The molecule has 8 heteroatoms. The smallest absolute Gasteiger partial charge is 0.247 e. The van der Waals surface area contributed by atoms with Crippen molar-refractivity contribution in [1.29, 1.82) is 0 Å². The molecule has 3 aromatic heterocycles. The van der Waals surface area contributed by atoms with Crippen molar-refractivity contribution in [3.63, 3.8) is 0 Å². The molecule has 1 amide bonds. The van der Waals surface area contributed by atoms with Crippen molar-refractivity contribution in [2.45, 2.75) is 32.4 Å². The fourth-order valence-electron chi connectivity index (χ4n) is 3.13. The van der Waals surface area contributed by atoms with Gasteiger partial charge in [-0.25, -0.2) is 9.97 Å². The van der Waals surface area contributed by atoms with E-state index in [0.29, 0.717) is 0 Å². The molecule has 0 radical (unpaired) electrons. The van der Waals surface area contributed by atoms with Gasteiger partial charge in [0.25, 0.3) is 0 Å². The summed E-state index contributed by atoms with van der Waals surface area (Å²) in [5, 5.41) is 10.2. The number of nitrogens with zero attached hydrogens (tertiary/aromatic N) is 5. The molecule has 0 aliphatic carbocycles. The molecule has 0 spiro atoms. The van der Waals surface area contributed by atoms with Crippen molar-refractivity contribution in [3.05, 3.63) is 30.2 Å². The number of carbonyl (C=O) groups excluding carboxylic acids is 1. The van der Waals surface area contributed by atoms with Crippen LogP contribution in [-0.2, 0) is 11.3 Å². The molecule has 1 fully saturated rings. The summed E-state index contributed by atoms with van der Waals surface area (Å²) in [4.78, 5) is 24.5. The molecule has 24 heavy (non-hydrogen) atoms. The molecule has 1 saturated heterocycles. The second kappa shape index (κ2) is 6.20. The highest BCUT2D eigenvalue weighted by molar-refractivity contribution is 7.16. The molecule has 7 nitrogen and oxygen atoms in total. The lowest BCUT2D eigenvalue weighted by molar-refractivity contribution is -0.117. The normalized spacial score (nSPS) is 17.5. The van der Waals surface area contributed by atoms with E-state index >= 15 is 0 Å². The van der Waals surface area contributed by atoms with Crippen LogP contribution in [0.5, 0.6) is 0 Å². The first-order valence-corrected chi connectivity index (χ1v) is 8.92. The van der Waals surface area contributed by atoms with Crippen molar-refractivity contribution < 1.29 is 4.79 Å². The van der Waals surface area contributed by atoms with Crippen LogP contribution in [0.25, 0.3) is 10.2 Å². The number of thiophene rings is 1. The van der Waals surface area contributed by atoms with Gasteiger partial charge in [-0.1, -0.05) is 0 Å². The van der Waals surface area contributed by atoms with Gasteiger partial charge in [-0.2, -0.15) is 5.10 Å². The molecular formula is C16H18N6OS. The summed E-state index contributed by atoms with van der Waals surface area (Å²) in [6.45, 7) is 3.62. The topological polar surface area (TPSA) is 75.9 Å². The van der Waals surface area contributed by atoms with Crippen molar-refractivity contribution in [2.75, 3.05) is 16.8 Å². The van der Waals surface area contributed by atoms with Gasteiger partial charge in [-0.3, -0.25) is 9.48 Å². The lowest BCUT2D eigenvalue weighted by Gasteiger charge is -2.25. The predicted octanol–water partition coefficient (Wildman–Crippen LogP) is 2.52. The number of hydrogen-bond donors (Lipinski definition) is 1. The molecule has 1 N–H and O–H groups in total. The second-order valence-electron chi connectivity index (χ2n) is 5.76. The van der Waals surface area contributed by atoms with Gasteiger partial charge in [0.2, 0.25) is 5.91 Å². The molecule has 0 saturated carbocycles. The summed E-state index contributed by atoms with van der Waals surface area (Å²) >= 11 is 1.59. The summed E-state index contributed by atoms with van der Waals surface area (Å²) < 4.78 is 1.79. The Morgan fingerprint density at radius 3 is 3.21 bits per heavy atom. The Labute approximate surface area is 143 Å². The lowest BCUT2D eigenvalue weighted by atomic mass is 10.2. The number of aryl methyl sites for hydroxylation is 1. The summed E-state index contributed by atoms with van der Waals surface area (Å²) in [6, 6.07) is 1.81. The molecule has 0 bridgehead atoms. The molecule has 1 unspecified atom stereocenters. The first-order valence-electron chi connectivity index (χ1n) is 8.04. The first-order chi connectivity index (χ1) is 11.8. The Hall–Kier alpha value is -2.48. The van der Waals surface area contributed by atoms with Crippen molar-refractivity contribution in [1.82, 2.24) is 19.7 Å². The van der Waals surface area contributed by atoms with Crippen molar-refractivity contribution in [2.24, 2.45) is 0 Å². The SMILES string of the molecule is CCn1cc(NC(=O)C2CCCN2c2ncnc3sccc23)cn1. The zero-order chi connectivity index (χ0) is 16.5. The molecule has 0 aromatic carbocycles. The van der Waals surface area contributed by atoms with Crippen LogP contribution in [0.1, 0.15) is 19.8 Å². The third-order valence-corrected chi connectivity index (χ3v) is 5.11. The van der Waals surface area contributed by atoms with E-state index in [4.69, 9.17) is 0 Å². The van der Waals surface area contributed by atoms with Crippen LogP contribution in [0.4, 0.5) is 11.5 Å². The fourth-order valence-corrected chi connectivity index (χ4v) is 3.85. The number of rotatable bonds is 4. The van der Waals surface area contributed by atoms with E-state index < -0.39 is 0 Å². The molecule has 124 valence electrons. The highest BCUT2D eigenvalue weighted by Crippen LogP contribution is 2.32. The standard InChI is InChI=1S/C16H18N6OS/c1-2-21-9-11(8-19-21)20-15(23)13-4-3-6-22(13)14-12-5-7-24-16(12)18-10-17-14/h5,7-10,13H,2-4,6H2,1H3,(H,20,23). The zero-order valence-corrected chi connectivity index (χ0v) is 14.2. The van der Waals surface area contributed by atoms with E-state index in [1.807, 2.05) is 24.6 Å². The Bertz CT molecular complexity index is 872. The zero-order valence-electron chi connectivity index (χ0n) is 13.3. The Morgan fingerprint density at radius 1 is 1.46 bits per heavy atom. The summed E-state index contributed by atoms with van der Waals surface area (Å²) in [5.74, 6) is 0.841. The van der Waals surface area contributed by atoms with Gasteiger partial charge in [0.15, 0.2) is 0 Å². The maximum atomic E-state index is 12.7. The van der Waals surface area contributed by atoms with Crippen LogP contribution >= 0.6 is 11.3 Å². The van der Waals surface area contributed by atoms with E-state index in [9.17, 15) is 4.79 Å². The summed E-state index contributed by atoms with van der Waals surface area (Å²) in [6.07, 6.45) is 6.90. The van der Waals surface area contributed by atoms with Gasteiger partial charge < -0.3 is 10.2 Å². The number of anilines is 2. The van der Waals surface area contributed by atoms with Crippen LogP contribution in [-0.4, -0.2) is 38.2 Å². The predicted molar refractivity (Wildman–Crippen MR) is 94.3 cm³/mol. The van der Waals surface area contributed by atoms with Gasteiger partial charge in [-0.05, 0) is 31.2 Å². The second-order valence-corrected chi connectivity index (χ2v) is 6.66. The number of carbonyl (C=O) groups is 1. The van der Waals surface area contributed by atoms with Gasteiger partial charge in [0, 0.05) is 19.3 Å². The molecule has 4 rings (SSSR count). The average molecular weight is 342 g/mol. The van der Waals surface area contributed by atoms with E-state index in [-0.39, 0.29) is 11.9 Å². The van der Waals surface area contributed by atoms with E-state index in [1.54, 1.807) is 28.5 Å². The van der Waals surface area contributed by atoms with E-state index in [1.165, 1.54) is 0 Å². The van der Waals surface area contributed by atoms with Crippen molar-refractivity contribution in [3.8, 4) is 0 Å². The van der Waals surface area contributed by atoms with Gasteiger partial charge in [0.1, 0.15) is 23.0 Å². The fraction of sp³-hybridized carbons (Fsp3) is 0.375. The van der Waals surface area contributed by atoms with Gasteiger partial charge in [-0.15, -0.1) is 11.3 Å². The maximum absolute atomic E-state index is 12.7. The van der Waals surface area contributed by atoms with Crippen LogP contribution in [0.2, 0.25) is 0 Å². The molecule has 4 heterocycles. The first kappa shape index (κ1) is 15.1. The Kier molecular flexibility index (Phi) is 3.89. The molecular weight excluding hydrogens is 324 g/mol. The van der Waals surface area contributed by atoms with E-state index in [2.05, 4.69) is 25.3 Å². The van der Waals surface area contributed by atoms with Crippen LogP contribution in [0, 0.1) is 0 Å². The van der Waals surface area contributed by atoms with Crippen LogP contribution in [0.3, 0.4) is 0 Å². The quantitative estimate of drug-likeness (QED) is 0.788. The minimum Gasteiger partial charge on any atom is -0.344 e. The lowest BCUT2D eigenvalue weighted by Crippen LogP contribution is -2.40.